The molecule has 0 bridgehead atoms. The molecule has 166 valence electrons. The first-order valence-electron chi connectivity index (χ1n) is 10.4. The molecule has 1 aliphatic rings. The molecule has 0 aliphatic carbocycles. The molecule has 0 unspecified atom stereocenters. The normalized spacial score (nSPS) is 14.4. The molecule has 1 N–H and O–H groups in total. The minimum Gasteiger partial charge on any atom is -0.337 e. The summed E-state index contributed by atoms with van der Waals surface area (Å²) in [6.45, 7) is 4.60. The zero-order chi connectivity index (χ0) is 22.6. The molecule has 32 heavy (non-hydrogen) atoms. The van der Waals surface area contributed by atoms with Crippen LogP contribution in [0.2, 0.25) is 0 Å². The molecular weight excluding hydrogens is 426 g/mol. The predicted molar refractivity (Wildman–Crippen MR) is 122 cm³/mol. The van der Waals surface area contributed by atoms with E-state index in [0.29, 0.717) is 37.7 Å². The van der Waals surface area contributed by atoms with Crippen molar-refractivity contribution < 1.29 is 13.2 Å². The van der Waals surface area contributed by atoms with Crippen LogP contribution in [-0.2, 0) is 16.6 Å². The smallest absolute Gasteiger partial charge is 0.253 e. The molecule has 2 aromatic carbocycles. The quantitative estimate of drug-likeness (QED) is 0.618. The molecule has 4 rings (SSSR count). The van der Waals surface area contributed by atoms with Crippen LogP contribution in [0, 0.1) is 6.92 Å². The van der Waals surface area contributed by atoms with Gasteiger partial charge in [-0.1, -0.05) is 29.8 Å². The maximum atomic E-state index is 12.8. The molecule has 1 fully saturated rings. The number of nitrogens with one attached hydrogen (secondary N) is 1. The maximum absolute atomic E-state index is 12.8. The molecule has 0 radical (unpaired) electrons. The number of rotatable bonds is 6. The lowest BCUT2D eigenvalue weighted by Crippen LogP contribution is -2.49. The SMILES string of the molecule is Cc1ccc(S(=O)(=O)NCc2ccc(C(=O)N3CCN(c4ncccn4)CC3)cc2)cc1. The number of aryl methyl sites for hydroxylation is 1. The van der Waals surface area contributed by atoms with Crippen LogP contribution >= 0.6 is 0 Å². The van der Waals surface area contributed by atoms with E-state index in [1.165, 1.54) is 0 Å². The first kappa shape index (κ1) is 21.9. The summed E-state index contributed by atoms with van der Waals surface area (Å²) in [5.41, 5.74) is 2.36. The Bertz CT molecular complexity index is 1160. The molecular formula is C23H25N5O3S. The van der Waals surface area contributed by atoms with Crippen molar-refractivity contribution >= 4 is 21.9 Å². The van der Waals surface area contributed by atoms with Crippen molar-refractivity contribution in [1.29, 1.82) is 0 Å². The lowest BCUT2D eigenvalue weighted by molar-refractivity contribution is 0.0746. The Kier molecular flexibility index (Phi) is 6.48. The monoisotopic (exact) mass is 451 g/mol. The second-order valence-electron chi connectivity index (χ2n) is 7.66. The van der Waals surface area contributed by atoms with Crippen LogP contribution in [0.5, 0.6) is 0 Å². The number of carbonyl (C=O) groups excluding carboxylic acids is 1. The van der Waals surface area contributed by atoms with Gasteiger partial charge in [-0.2, -0.15) is 0 Å². The van der Waals surface area contributed by atoms with E-state index in [4.69, 9.17) is 0 Å². The van der Waals surface area contributed by atoms with Gasteiger partial charge >= 0.3 is 0 Å². The van der Waals surface area contributed by atoms with Crippen molar-refractivity contribution in [2.75, 3.05) is 31.1 Å². The number of hydrogen-bond acceptors (Lipinski definition) is 6. The third-order valence-electron chi connectivity index (χ3n) is 5.40. The number of aromatic nitrogens is 2. The van der Waals surface area contributed by atoms with Crippen molar-refractivity contribution in [2.45, 2.75) is 18.4 Å². The summed E-state index contributed by atoms with van der Waals surface area (Å²) in [5, 5.41) is 0. The summed E-state index contributed by atoms with van der Waals surface area (Å²) in [6.07, 6.45) is 3.42. The van der Waals surface area contributed by atoms with Crippen LogP contribution < -0.4 is 9.62 Å². The summed E-state index contributed by atoms with van der Waals surface area (Å²) >= 11 is 0. The van der Waals surface area contributed by atoms with Crippen LogP contribution in [-0.4, -0.2) is 55.4 Å². The number of benzene rings is 2. The molecule has 8 nitrogen and oxygen atoms in total. The minimum absolute atomic E-state index is 0.0367. The van der Waals surface area contributed by atoms with Crippen LogP contribution in [0.25, 0.3) is 0 Å². The van der Waals surface area contributed by atoms with Crippen molar-refractivity contribution in [3.05, 3.63) is 83.7 Å². The minimum atomic E-state index is -3.59. The van der Waals surface area contributed by atoms with Crippen molar-refractivity contribution in [3.63, 3.8) is 0 Å². The fourth-order valence-electron chi connectivity index (χ4n) is 3.49. The van der Waals surface area contributed by atoms with Crippen LogP contribution in [0.15, 0.2) is 71.9 Å². The van der Waals surface area contributed by atoms with Gasteiger partial charge in [0.1, 0.15) is 0 Å². The highest BCUT2D eigenvalue weighted by Gasteiger charge is 2.23. The van der Waals surface area contributed by atoms with E-state index in [-0.39, 0.29) is 17.3 Å². The first-order valence-corrected chi connectivity index (χ1v) is 11.9. The number of piperazine rings is 1. The lowest BCUT2D eigenvalue weighted by Gasteiger charge is -2.34. The highest BCUT2D eigenvalue weighted by molar-refractivity contribution is 7.89. The lowest BCUT2D eigenvalue weighted by atomic mass is 10.1. The van der Waals surface area contributed by atoms with Gasteiger partial charge in [-0.05, 0) is 42.8 Å². The summed E-state index contributed by atoms with van der Waals surface area (Å²) < 4.78 is 27.5. The van der Waals surface area contributed by atoms with Gasteiger partial charge in [-0.3, -0.25) is 4.79 Å². The van der Waals surface area contributed by atoms with E-state index in [1.807, 2.05) is 11.8 Å². The fraction of sp³-hybridized carbons (Fsp3) is 0.261. The summed E-state index contributed by atoms with van der Waals surface area (Å²) in [6, 6.07) is 15.5. The van der Waals surface area contributed by atoms with Gasteiger partial charge in [0, 0.05) is 50.7 Å². The number of amides is 1. The molecule has 1 aromatic heterocycles. The summed E-state index contributed by atoms with van der Waals surface area (Å²) in [4.78, 5) is 25.5. The Balaban J connectivity index is 1.32. The van der Waals surface area contributed by atoms with E-state index in [1.54, 1.807) is 67.0 Å². The summed E-state index contributed by atoms with van der Waals surface area (Å²) in [7, 11) is -3.59. The second kappa shape index (κ2) is 9.46. The topological polar surface area (TPSA) is 95.5 Å². The molecule has 2 heterocycles. The third kappa shape index (κ3) is 5.12. The van der Waals surface area contributed by atoms with E-state index in [2.05, 4.69) is 19.6 Å². The maximum Gasteiger partial charge on any atom is 0.253 e. The Morgan fingerprint density at radius 1 is 0.938 bits per heavy atom. The van der Waals surface area contributed by atoms with Gasteiger partial charge in [0.2, 0.25) is 16.0 Å². The van der Waals surface area contributed by atoms with E-state index >= 15 is 0 Å². The van der Waals surface area contributed by atoms with Gasteiger partial charge in [0.05, 0.1) is 4.90 Å². The highest BCUT2D eigenvalue weighted by Crippen LogP contribution is 2.15. The van der Waals surface area contributed by atoms with Crippen LogP contribution in [0.1, 0.15) is 21.5 Å². The first-order chi connectivity index (χ1) is 15.4. The average Bonchev–Trinajstić information content (AvgIpc) is 2.84. The second-order valence-corrected chi connectivity index (χ2v) is 9.43. The zero-order valence-corrected chi connectivity index (χ0v) is 18.6. The molecule has 0 atom stereocenters. The molecule has 1 saturated heterocycles. The van der Waals surface area contributed by atoms with Crippen molar-refractivity contribution in [1.82, 2.24) is 19.6 Å². The van der Waals surface area contributed by atoms with Crippen molar-refractivity contribution in [3.8, 4) is 0 Å². The molecule has 0 saturated carbocycles. The predicted octanol–water partition coefficient (Wildman–Crippen LogP) is 2.23. The number of nitrogens with zero attached hydrogens (tertiary/aromatic N) is 4. The fourth-order valence-corrected chi connectivity index (χ4v) is 4.51. The summed E-state index contributed by atoms with van der Waals surface area (Å²) in [5.74, 6) is 0.641. The number of sulfonamides is 1. The number of anilines is 1. The zero-order valence-electron chi connectivity index (χ0n) is 17.8. The van der Waals surface area contributed by atoms with Gasteiger partial charge in [-0.25, -0.2) is 23.1 Å². The highest BCUT2D eigenvalue weighted by atomic mass is 32.2. The van der Waals surface area contributed by atoms with Gasteiger partial charge < -0.3 is 9.80 Å². The van der Waals surface area contributed by atoms with Gasteiger partial charge in [0.15, 0.2) is 0 Å². The average molecular weight is 452 g/mol. The molecule has 9 heteroatoms. The van der Waals surface area contributed by atoms with Crippen LogP contribution in [0.4, 0.5) is 5.95 Å². The largest absolute Gasteiger partial charge is 0.337 e. The van der Waals surface area contributed by atoms with E-state index < -0.39 is 10.0 Å². The molecule has 1 amide bonds. The van der Waals surface area contributed by atoms with Gasteiger partial charge in [0.25, 0.3) is 5.91 Å². The van der Waals surface area contributed by atoms with E-state index in [0.717, 1.165) is 11.1 Å². The van der Waals surface area contributed by atoms with Crippen molar-refractivity contribution in [2.24, 2.45) is 0 Å². The Morgan fingerprint density at radius 2 is 1.56 bits per heavy atom. The molecule has 0 spiro atoms. The number of carbonyl (C=O) groups is 1. The number of hydrogen-bond donors (Lipinski definition) is 1. The van der Waals surface area contributed by atoms with Crippen LogP contribution in [0.3, 0.4) is 0 Å². The Morgan fingerprint density at radius 3 is 2.19 bits per heavy atom. The molecule has 1 aliphatic heterocycles. The Hall–Kier alpha value is -3.30. The third-order valence-corrected chi connectivity index (χ3v) is 6.82. The van der Waals surface area contributed by atoms with Gasteiger partial charge in [-0.15, -0.1) is 0 Å². The Labute approximate surface area is 188 Å². The standard InChI is InChI=1S/C23H25N5O3S/c1-18-3-9-21(10-4-18)32(30,31)26-17-19-5-7-20(8-6-19)22(29)27-13-15-28(16-14-27)23-24-11-2-12-25-23/h2-12,26H,13-17H2,1H3. The molecule has 3 aromatic rings. The van der Waals surface area contributed by atoms with E-state index in [9.17, 15) is 13.2 Å².